The van der Waals surface area contributed by atoms with Gasteiger partial charge in [-0.3, -0.25) is 4.79 Å². The fraction of sp³-hybridized carbons (Fsp3) is 0.520. The van der Waals surface area contributed by atoms with Gasteiger partial charge >= 0.3 is 5.97 Å². The van der Waals surface area contributed by atoms with Crippen molar-refractivity contribution in [1.29, 1.82) is 0 Å². The van der Waals surface area contributed by atoms with Gasteiger partial charge in [0.2, 0.25) is 5.91 Å². The van der Waals surface area contributed by atoms with Crippen LogP contribution < -0.4 is 5.32 Å². The highest BCUT2D eigenvalue weighted by molar-refractivity contribution is 7.17. The maximum absolute atomic E-state index is 13.0. The van der Waals surface area contributed by atoms with E-state index in [1.54, 1.807) is 11.3 Å². The Morgan fingerprint density at radius 3 is 2.43 bits per heavy atom. The van der Waals surface area contributed by atoms with Crippen molar-refractivity contribution in [3.8, 4) is 0 Å². The summed E-state index contributed by atoms with van der Waals surface area (Å²) in [4.78, 5) is 26.9. The zero-order chi connectivity index (χ0) is 21.7. The second-order valence-electron chi connectivity index (χ2n) is 8.54. The Morgan fingerprint density at radius 1 is 1.07 bits per heavy atom. The molecule has 1 heterocycles. The average Bonchev–Trinajstić information content (AvgIpc) is 2.88. The molecule has 4 nitrogen and oxygen atoms in total. The minimum Gasteiger partial charge on any atom is -0.462 e. The number of rotatable bonds is 7. The van der Waals surface area contributed by atoms with Crippen LogP contribution in [0.2, 0.25) is 0 Å². The first-order valence-corrected chi connectivity index (χ1v) is 11.9. The zero-order valence-corrected chi connectivity index (χ0v) is 19.4. The molecule has 3 rings (SSSR count). The standard InChI is InChI=1S/C25H33NO3S/c1-5-29-25(28)22-20-9-7-6-8-10-21(20)30-24(22)26-23(27)17(4)19-13-11-18(12-14-19)15-16(2)3/h11-14,16-17H,5-10,15H2,1-4H3,(H,26,27). The van der Waals surface area contributed by atoms with Gasteiger partial charge in [-0.1, -0.05) is 44.5 Å². The van der Waals surface area contributed by atoms with Crippen molar-refractivity contribution in [2.45, 2.75) is 72.1 Å². The molecule has 162 valence electrons. The molecule has 0 saturated carbocycles. The monoisotopic (exact) mass is 427 g/mol. The fourth-order valence-electron chi connectivity index (χ4n) is 4.04. The lowest BCUT2D eigenvalue weighted by Gasteiger charge is -2.14. The summed E-state index contributed by atoms with van der Waals surface area (Å²) in [6.07, 6.45) is 6.25. The Morgan fingerprint density at radius 2 is 1.77 bits per heavy atom. The Kier molecular flexibility index (Phi) is 7.70. The van der Waals surface area contributed by atoms with Gasteiger partial charge in [0.1, 0.15) is 5.00 Å². The van der Waals surface area contributed by atoms with Crippen LogP contribution >= 0.6 is 11.3 Å². The first-order valence-electron chi connectivity index (χ1n) is 11.1. The molecule has 1 N–H and O–H groups in total. The van der Waals surface area contributed by atoms with Crippen molar-refractivity contribution in [2.75, 3.05) is 11.9 Å². The Bertz CT molecular complexity index is 883. The molecule has 0 spiro atoms. The van der Waals surface area contributed by atoms with Gasteiger partial charge in [0.25, 0.3) is 0 Å². The lowest BCUT2D eigenvalue weighted by atomic mass is 9.96. The van der Waals surface area contributed by atoms with E-state index in [-0.39, 0.29) is 17.8 Å². The number of thiophene rings is 1. The van der Waals surface area contributed by atoms with Gasteiger partial charge in [0, 0.05) is 4.88 Å². The van der Waals surface area contributed by atoms with Gasteiger partial charge in [-0.05, 0) is 68.6 Å². The number of benzene rings is 1. The van der Waals surface area contributed by atoms with E-state index in [4.69, 9.17) is 4.74 Å². The largest absolute Gasteiger partial charge is 0.462 e. The van der Waals surface area contributed by atoms with E-state index in [9.17, 15) is 9.59 Å². The van der Waals surface area contributed by atoms with Gasteiger partial charge < -0.3 is 10.1 Å². The summed E-state index contributed by atoms with van der Waals surface area (Å²) >= 11 is 1.55. The summed E-state index contributed by atoms with van der Waals surface area (Å²) in [7, 11) is 0. The first-order chi connectivity index (χ1) is 14.4. The number of hydrogen-bond donors (Lipinski definition) is 1. The quantitative estimate of drug-likeness (QED) is 0.427. The van der Waals surface area contributed by atoms with Crippen LogP contribution in [0.1, 0.15) is 84.8 Å². The highest BCUT2D eigenvalue weighted by Gasteiger charge is 2.27. The molecule has 1 unspecified atom stereocenters. The molecule has 1 aromatic heterocycles. The fourth-order valence-corrected chi connectivity index (χ4v) is 5.32. The molecule has 1 aliphatic carbocycles. The Labute approximate surface area is 184 Å². The van der Waals surface area contributed by atoms with Crippen molar-refractivity contribution in [3.63, 3.8) is 0 Å². The smallest absolute Gasteiger partial charge is 0.341 e. The van der Waals surface area contributed by atoms with Crippen molar-refractivity contribution < 1.29 is 14.3 Å². The molecule has 1 aromatic carbocycles. The van der Waals surface area contributed by atoms with Crippen molar-refractivity contribution >= 4 is 28.2 Å². The third-order valence-corrected chi connectivity index (χ3v) is 6.86. The molecule has 0 aliphatic heterocycles. The number of amides is 1. The van der Waals surface area contributed by atoms with E-state index in [2.05, 4.69) is 31.3 Å². The van der Waals surface area contributed by atoms with Crippen LogP contribution in [-0.2, 0) is 28.8 Å². The zero-order valence-electron chi connectivity index (χ0n) is 18.5. The number of ether oxygens (including phenoxy) is 1. The molecule has 30 heavy (non-hydrogen) atoms. The highest BCUT2D eigenvalue weighted by atomic mass is 32.1. The summed E-state index contributed by atoms with van der Waals surface area (Å²) in [5.74, 6) is -0.103. The minimum atomic E-state index is -0.321. The molecule has 1 aliphatic rings. The number of nitrogens with one attached hydrogen (secondary N) is 1. The van der Waals surface area contributed by atoms with E-state index in [1.807, 2.05) is 26.0 Å². The average molecular weight is 428 g/mol. The van der Waals surface area contributed by atoms with Gasteiger partial charge in [-0.25, -0.2) is 4.79 Å². The number of anilines is 1. The minimum absolute atomic E-state index is 0.0893. The summed E-state index contributed by atoms with van der Waals surface area (Å²) in [6, 6.07) is 8.29. The predicted octanol–water partition coefficient (Wildman–Crippen LogP) is 6.13. The topological polar surface area (TPSA) is 55.4 Å². The maximum atomic E-state index is 13.0. The summed E-state index contributed by atoms with van der Waals surface area (Å²) in [5.41, 5.74) is 3.92. The number of aryl methyl sites for hydroxylation is 1. The number of hydrogen-bond acceptors (Lipinski definition) is 4. The second-order valence-corrected chi connectivity index (χ2v) is 9.64. The van der Waals surface area contributed by atoms with Crippen molar-refractivity contribution in [3.05, 3.63) is 51.4 Å². The van der Waals surface area contributed by atoms with Crippen molar-refractivity contribution in [2.24, 2.45) is 5.92 Å². The van der Waals surface area contributed by atoms with Crippen LogP contribution in [0.25, 0.3) is 0 Å². The molecule has 5 heteroatoms. The molecule has 2 aromatic rings. The summed E-state index contributed by atoms with van der Waals surface area (Å²) in [6.45, 7) is 8.46. The van der Waals surface area contributed by atoms with Crippen LogP contribution in [0.5, 0.6) is 0 Å². The van der Waals surface area contributed by atoms with Gasteiger partial charge in [-0.2, -0.15) is 0 Å². The summed E-state index contributed by atoms with van der Waals surface area (Å²) in [5, 5.41) is 3.70. The SMILES string of the molecule is CCOC(=O)c1c(NC(=O)C(C)c2ccc(CC(C)C)cc2)sc2c1CCCCC2. The number of carbonyl (C=O) groups is 2. The maximum Gasteiger partial charge on any atom is 0.341 e. The first kappa shape index (κ1) is 22.5. The van der Waals surface area contributed by atoms with Crippen LogP contribution in [0, 0.1) is 5.92 Å². The third-order valence-electron chi connectivity index (χ3n) is 5.65. The lowest BCUT2D eigenvalue weighted by molar-refractivity contribution is -0.117. The van der Waals surface area contributed by atoms with Crippen LogP contribution in [-0.4, -0.2) is 18.5 Å². The third kappa shape index (κ3) is 5.31. The van der Waals surface area contributed by atoms with Crippen LogP contribution in [0.15, 0.2) is 24.3 Å². The molecular weight excluding hydrogens is 394 g/mol. The number of esters is 1. The molecule has 1 atom stereocenters. The van der Waals surface area contributed by atoms with E-state index < -0.39 is 0 Å². The van der Waals surface area contributed by atoms with E-state index >= 15 is 0 Å². The van der Waals surface area contributed by atoms with E-state index in [1.165, 1.54) is 16.9 Å². The van der Waals surface area contributed by atoms with Gasteiger partial charge in [-0.15, -0.1) is 11.3 Å². The van der Waals surface area contributed by atoms with Gasteiger partial charge in [0.05, 0.1) is 18.1 Å². The van der Waals surface area contributed by atoms with Crippen LogP contribution in [0.3, 0.4) is 0 Å². The second kappa shape index (κ2) is 10.3. The molecular formula is C25H33NO3S. The van der Waals surface area contributed by atoms with E-state index in [0.29, 0.717) is 23.1 Å². The van der Waals surface area contributed by atoms with Gasteiger partial charge in [0.15, 0.2) is 0 Å². The Balaban J connectivity index is 1.80. The normalized spacial score (nSPS) is 14.7. The molecule has 0 saturated heterocycles. The number of carbonyl (C=O) groups excluding carboxylic acids is 2. The highest BCUT2D eigenvalue weighted by Crippen LogP contribution is 2.38. The molecule has 0 bridgehead atoms. The predicted molar refractivity (Wildman–Crippen MR) is 124 cm³/mol. The Hall–Kier alpha value is -2.14. The summed E-state index contributed by atoms with van der Waals surface area (Å²) < 4.78 is 5.32. The van der Waals surface area contributed by atoms with Crippen molar-refractivity contribution in [1.82, 2.24) is 0 Å². The van der Waals surface area contributed by atoms with E-state index in [0.717, 1.165) is 43.2 Å². The van der Waals surface area contributed by atoms with Crippen LogP contribution in [0.4, 0.5) is 5.00 Å². The number of fused-ring (bicyclic) bond motifs is 1. The lowest BCUT2D eigenvalue weighted by Crippen LogP contribution is -2.20. The molecule has 1 amide bonds. The molecule has 0 fully saturated rings. The molecule has 0 radical (unpaired) electrons.